The molecule has 4 saturated carbocycles. The fraction of sp³-hybridized carbons (Fsp3) is 0.947. The van der Waals surface area contributed by atoms with Crippen LogP contribution in [0.5, 0.6) is 0 Å². The van der Waals surface area contributed by atoms with Gasteiger partial charge in [-0.2, -0.15) is 0 Å². The molecule has 0 aromatic heterocycles. The second-order valence-electron chi connectivity index (χ2n) is 8.69. The first-order valence-electron chi connectivity index (χ1n) is 9.21. The van der Waals surface area contributed by atoms with Crippen LogP contribution in [0.25, 0.3) is 0 Å². The van der Waals surface area contributed by atoms with E-state index in [1.54, 1.807) is 0 Å². The highest BCUT2D eigenvalue weighted by molar-refractivity contribution is 9.09. The van der Waals surface area contributed by atoms with Gasteiger partial charge in [0.2, 0.25) is 0 Å². The van der Waals surface area contributed by atoms with Gasteiger partial charge in [0.25, 0.3) is 0 Å². The Morgan fingerprint density at radius 2 is 1.90 bits per heavy atom. The number of rotatable bonds is 1. The quantitative estimate of drug-likeness (QED) is 0.580. The molecular formula is C19H29BrO. The molecule has 0 bridgehead atoms. The zero-order chi connectivity index (χ0) is 14.7. The maximum Gasteiger partial charge on any atom is 0.140 e. The lowest BCUT2D eigenvalue weighted by Crippen LogP contribution is -2.54. The predicted molar refractivity (Wildman–Crippen MR) is 89.5 cm³/mol. The molecule has 1 nitrogen and oxygen atoms in total. The molecule has 4 rings (SSSR count). The number of Topliss-reactive ketones (excluding diaryl/α,β-unsaturated/α-hetero) is 1. The second kappa shape index (κ2) is 5.08. The van der Waals surface area contributed by atoms with E-state index >= 15 is 0 Å². The van der Waals surface area contributed by atoms with E-state index in [1.165, 1.54) is 57.8 Å². The third kappa shape index (κ3) is 1.90. The van der Waals surface area contributed by atoms with Crippen molar-refractivity contribution in [2.24, 2.45) is 34.5 Å². The number of carbonyl (C=O) groups excluding carboxylic acids is 1. The number of alkyl halides is 1. The van der Waals surface area contributed by atoms with Gasteiger partial charge < -0.3 is 0 Å². The average Bonchev–Trinajstić information content (AvgIpc) is 2.84. The maximum absolute atomic E-state index is 12.6. The van der Waals surface area contributed by atoms with Crippen LogP contribution in [0.3, 0.4) is 0 Å². The summed E-state index contributed by atoms with van der Waals surface area (Å²) in [5.74, 6) is 4.03. The maximum atomic E-state index is 12.6. The van der Waals surface area contributed by atoms with Crippen molar-refractivity contribution in [3.63, 3.8) is 0 Å². The van der Waals surface area contributed by atoms with Crippen LogP contribution in [0.4, 0.5) is 0 Å². The monoisotopic (exact) mass is 352 g/mol. The van der Waals surface area contributed by atoms with E-state index in [9.17, 15) is 4.79 Å². The molecule has 0 aliphatic heterocycles. The number of carbonyl (C=O) groups is 1. The van der Waals surface area contributed by atoms with E-state index < -0.39 is 0 Å². The van der Waals surface area contributed by atoms with Crippen molar-refractivity contribution in [1.29, 1.82) is 0 Å². The van der Waals surface area contributed by atoms with E-state index in [0.29, 0.717) is 17.1 Å². The highest BCUT2D eigenvalue weighted by Crippen LogP contribution is 2.65. The minimum absolute atomic E-state index is 0.0268. The molecule has 0 amide bonds. The fourth-order valence-electron chi connectivity index (χ4n) is 7.12. The van der Waals surface area contributed by atoms with E-state index in [1.807, 2.05) is 0 Å². The molecule has 4 aliphatic carbocycles. The number of ketones is 1. The van der Waals surface area contributed by atoms with E-state index in [-0.39, 0.29) is 5.41 Å². The summed E-state index contributed by atoms with van der Waals surface area (Å²) >= 11 is 3.73. The third-order valence-corrected chi connectivity index (χ3v) is 9.27. The molecular weight excluding hydrogens is 324 g/mol. The second-order valence-corrected chi connectivity index (χ2v) is 9.25. The first-order valence-corrected chi connectivity index (χ1v) is 10.3. The van der Waals surface area contributed by atoms with Gasteiger partial charge in [-0.15, -0.1) is 0 Å². The molecule has 4 aliphatic rings. The van der Waals surface area contributed by atoms with Gasteiger partial charge in [-0.3, -0.25) is 4.79 Å². The van der Waals surface area contributed by atoms with Gasteiger partial charge in [0.1, 0.15) is 5.78 Å². The first kappa shape index (κ1) is 14.7. The molecule has 118 valence electrons. The summed E-state index contributed by atoms with van der Waals surface area (Å²) in [6.45, 7) is 2.62. The zero-order valence-corrected chi connectivity index (χ0v) is 15.0. The minimum atomic E-state index is 0.0268. The molecule has 4 fully saturated rings. The summed E-state index contributed by atoms with van der Waals surface area (Å²) in [4.78, 5) is 12.6. The van der Waals surface area contributed by atoms with Crippen LogP contribution >= 0.6 is 15.9 Å². The molecule has 0 spiro atoms. The van der Waals surface area contributed by atoms with Crippen LogP contribution in [0, 0.1) is 34.5 Å². The molecule has 0 radical (unpaired) electrons. The Bertz CT molecular complexity index is 447. The normalized spacial score (nSPS) is 53.0. The summed E-state index contributed by atoms with van der Waals surface area (Å²) in [6, 6.07) is 0. The van der Waals surface area contributed by atoms with Crippen molar-refractivity contribution in [2.45, 2.75) is 71.1 Å². The van der Waals surface area contributed by atoms with Gasteiger partial charge in [-0.1, -0.05) is 35.7 Å². The Morgan fingerprint density at radius 1 is 1.05 bits per heavy atom. The number of fused-ring (bicyclic) bond motifs is 5. The van der Waals surface area contributed by atoms with Crippen LogP contribution in [-0.4, -0.2) is 11.1 Å². The molecule has 0 unspecified atom stereocenters. The van der Waals surface area contributed by atoms with Crippen molar-refractivity contribution >= 4 is 21.7 Å². The topological polar surface area (TPSA) is 17.1 Å². The summed E-state index contributed by atoms with van der Waals surface area (Å²) in [5, 5.41) is 0.923. The molecule has 6 atom stereocenters. The highest BCUT2D eigenvalue weighted by atomic mass is 79.9. The van der Waals surface area contributed by atoms with Gasteiger partial charge >= 0.3 is 0 Å². The van der Waals surface area contributed by atoms with E-state index in [2.05, 4.69) is 22.9 Å². The Hall–Kier alpha value is 0.150. The van der Waals surface area contributed by atoms with Crippen molar-refractivity contribution in [3.05, 3.63) is 0 Å². The van der Waals surface area contributed by atoms with E-state index in [0.717, 1.165) is 29.5 Å². The van der Waals surface area contributed by atoms with Crippen molar-refractivity contribution in [1.82, 2.24) is 0 Å². The van der Waals surface area contributed by atoms with Crippen LogP contribution in [0.1, 0.15) is 71.1 Å². The lowest BCUT2D eigenvalue weighted by atomic mass is 9.45. The van der Waals surface area contributed by atoms with Crippen LogP contribution in [0.2, 0.25) is 0 Å². The lowest BCUT2D eigenvalue weighted by Gasteiger charge is -2.59. The Kier molecular flexibility index (Phi) is 3.56. The number of hydrogen-bond acceptors (Lipinski definition) is 1. The van der Waals surface area contributed by atoms with E-state index in [4.69, 9.17) is 0 Å². The molecule has 0 heterocycles. The summed E-state index contributed by atoms with van der Waals surface area (Å²) in [5.41, 5.74) is 0.629. The first-order chi connectivity index (χ1) is 10.1. The predicted octanol–water partition coefficient (Wildman–Crippen LogP) is 5.36. The van der Waals surface area contributed by atoms with Crippen LogP contribution in [-0.2, 0) is 4.79 Å². The Labute approximate surface area is 137 Å². The number of halogens is 1. The summed E-state index contributed by atoms with van der Waals surface area (Å²) in [6.07, 6.45) is 13.3. The van der Waals surface area contributed by atoms with Crippen LogP contribution < -0.4 is 0 Å². The fourth-order valence-corrected chi connectivity index (χ4v) is 8.13. The average molecular weight is 353 g/mol. The smallest absolute Gasteiger partial charge is 0.140 e. The van der Waals surface area contributed by atoms with Crippen molar-refractivity contribution in [2.75, 3.05) is 5.33 Å². The molecule has 0 N–H and O–H groups in total. The molecule has 0 aromatic carbocycles. The molecule has 21 heavy (non-hydrogen) atoms. The zero-order valence-electron chi connectivity index (χ0n) is 13.4. The van der Waals surface area contributed by atoms with Gasteiger partial charge in [0.05, 0.1) is 0 Å². The summed E-state index contributed by atoms with van der Waals surface area (Å²) < 4.78 is 0. The largest absolute Gasteiger partial charge is 0.299 e. The van der Waals surface area contributed by atoms with Crippen LogP contribution in [0.15, 0.2) is 0 Å². The highest BCUT2D eigenvalue weighted by Gasteiger charge is 2.60. The molecule has 0 aromatic rings. The third-order valence-electron chi connectivity index (χ3n) is 8.27. The summed E-state index contributed by atoms with van der Waals surface area (Å²) in [7, 11) is 0. The lowest BCUT2D eigenvalue weighted by molar-refractivity contribution is -0.137. The van der Waals surface area contributed by atoms with Gasteiger partial charge in [-0.05, 0) is 74.0 Å². The standard InChI is InChI=1S/C19H29BrO/c1-18-10-3-2-4-13(18)5-6-14-15(18)9-11-19(12-20)16(14)7-8-17(19)21/h13-16H,2-12H2,1H3/t13-,14-,15+,16+,18+,19-/m1/s1. The van der Waals surface area contributed by atoms with Gasteiger partial charge in [0.15, 0.2) is 0 Å². The minimum Gasteiger partial charge on any atom is -0.299 e. The van der Waals surface area contributed by atoms with Gasteiger partial charge in [-0.25, -0.2) is 0 Å². The Balaban J connectivity index is 1.66. The Morgan fingerprint density at radius 3 is 2.71 bits per heavy atom. The van der Waals surface area contributed by atoms with Crippen molar-refractivity contribution in [3.8, 4) is 0 Å². The van der Waals surface area contributed by atoms with Gasteiger partial charge in [0, 0.05) is 17.2 Å². The SMILES string of the molecule is C[C@]12CCCC[C@@H]1CC[C@H]1[C@@H]3CCC(=O)[C@@]3(CBr)CC[C@@H]12. The molecule has 0 saturated heterocycles. The van der Waals surface area contributed by atoms with Crippen molar-refractivity contribution < 1.29 is 4.79 Å². The number of hydrogen-bond donors (Lipinski definition) is 0. The molecule has 2 heteroatoms.